The molecule has 2 bridgehead atoms. The molecule has 1 aromatic carbocycles. The first-order valence-electron chi connectivity index (χ1n) is 4.79. The molecule has 15 heavy (non-hydrogen) atoms. The van der Waals surface area contributed by atoms with Gasteiger partial charge in [-0.25, -0.2) is 0 Å². The molecule has 0 unspecified atom stereocenters. The fourth-order valence-electron chi connectivity index (χ4n) is 2.75. The molecule has 0 amide bonds. The summed E-state index contributed by atoms with van der Waals surface area (Å²) in [5, 5.41) is 0. The van der Waals surface area contributed by atoms with Gasteiger partial charge in [0.25, 0.3) is 0 Å². The van der Waals surface area contributed by atoms with Crippen molar-refractivity contribution in [2.24, 2.45) is 0 Å². The SMILES string of the molecule is Br[C@H]1[C@@H]2c3ccccc3[C@](Br)([C@H]1Br)[C@H]2Br. The number of halogens is 4. The van der Waals surface area contributed by atoms with Gasteiger partial charge in [-0.2, -0.15) is 0 Å². The molecule has 0 radical (unpaired) electrons. The van der Waals surface area contributed by atoms with E-state index in [-0.39, 0.29) is 4.32 Å². The topological polar surface area (TPSA) is 0 Å². The molecule has 0 N–H and O–H groups in total. The van der Waals surface area contributed by atoms with E-state index in [4.69, 9.17) is 0 Å². The summed E-state index contributed by atoms with van der Waals surface area (Å²) >= 11 is 15.4. The zero-order valence-corrected chi connectivity index (χ0v) is 14.0. The second-order valence-electron chi connectivity index (χ2n) is 4.13. The fraction of sp³-hybridized carbons (Fsp3) is 0.455. The highest BCUT2D eigenvalue weighted by molar-refractivity contribution is 9.14. The van der Waals surface area contributed by atoms with E-state index >= 15 is 0 Å². The Bertz CT molecular complexity index is 419. The van der Waals surface area contributed by atoms with Crippen LogP contribution in [0.4, 0.5) is 0 Å². The maximum atomic E-state index is 3.93. The van der Waals surface area contributed by atoms with Gasteiger partial charge in [-0.05, 0) is 11.1 Å². The van der Waals surface area contributed by atoms with E-state index in [0.29, 0.717) is 20.4 Å². The van der Waals surface area contributed by atoms with Gasteiger partial charge in [-0.3, -0.25) is 0 Å². The minimum atomic E-state index is 0.0302. The van der Waals surface area contributed by atoms with Crippen LogP contribution in [0.15, 0.2) is 24.3 Å². The summed E-state index contributed by atoms with van der Waals surface area (Å²) in [6.45, 7) is 0. The van der Waals surface area contributed by atoms with Crippen molar-refractivity contribution in [1.82, 2.24) is 0 Å². The van der Waals surface area contributed by atoms with Crippen molar-refractivity contribution in [2.45, 2.75) is 24.7 Å². The van der Waals surface area contributed by atoms with Crippen molar-refractivity contribution in [3.8, 4) is 0 Å². The molecule has 80 valence electrons. The van der Waals surface area contributed by atoms with E-state index in [9.17, 15) is 0 Å². The van der Waals surface area contributed by atoms with Crippen LogP contribution in [0.25, 0.3) is 0 Å². The lowest BCUT2D eigenvalue weighted by Crippen LogP contribution is -2.32. The third-order valence-corrected chi connectivity index (χ3v) is 10.5. The fourth-order valence-corrected chi connectivity index (χ4v) is 7.81. The average molecular weight is 460 g/mol. The smallest absolute Gasteiger partial charge is 0.0775 e. The second-order valence-corrected chi connectivity index (χ2v) is 8.47. The summed E-state index contributed by atoms with van der Waals surface area (Å²) in [4.78, 5) is 1.36. The molecule has 1 fully saturated rings. The predicted molar refractivity (Wildman–Crippen MR) is 77.9 cm³/mol. The Hall–Kier alpha value is 1.14. The van der Waals surface area contributed by atoms with E-state index < -0.39 is 0 Å². The molecule has 0 nitrogen and oxygen atoms in total. The van der Waals surface area contributed by atoms with Crippen LogP contribution in [0.5, 0.6) is 0 Å². The monoisotopic (exact) mass is 456 g/mol. The van der Waals surface area contributed by atoms with Gasteiger partial charge in [-0.1, -0.05) is 88.0 Å². The van der Waals surface area contributed by atoms with Crippen molar-refractivity contribution in [3.63, 3.8) is 0 Å². The van der Waals surface area contributed by atoms with Crippen LogP contribution in [0.3, 0.4) is 0 Å². The van der Waals surface area contributed by atoms with Crippen molar-refractivity contribution in [2.75, 3.05) is 0 Å². The minimum absolute atomic E-state index is 0.0302. The third kappa shape index (κ3) is 1.23. The first-order chi connectivity index (χ1) is 7.08. The van der Waals surface area contributed by atoms with Gasteiger partial charge in [0.1, 0.15) is 0 Å². The van der Waals surface area contributed by atoms with Gasteiger partial charge < -0.3 is 0 Å². The number of alkyl halides is 4. The molecule has 2 aliphatic rings. The van der Waals surface area contributed by atoms with E-state index in [0.717, 1.165) is 0 Å². The Morgan fingerprint density at radius 3 is 2.40 bits per heavy atom. The summed E-state index contributed by atoms with van der Waals surface area (Å²) < 4.78 is 0.0302. The molecule has 0 aromatic heterocycles. The zero-order chi connectivity index (χ0) is 10.8. The lowest BCUT2D eigenvalue weighted by molar-refractivity contribution is 0.730. The average Bonchev–Trinajstić information content (AvgIpc) is 2.56. The van der Waals surface area contributed by atoms with Crippen LogP contribution in [0.1, 0.15) is 17.0 Å². The number of fused-ring (bicyclic) bond motifs is 5. The van der Waals surface area contributed by atoms with Gasteiger partial charge in [-0.15, -0.1) is 0 Å². The van der Waals surface area contributed by atoms with Crippen LogP contribution >= 0.6 is 63.7 Å². The molecule has 0 spiro atoms. The molecule has 0 aliphatic heterocycles. The molecular formula is C11H8Br4. The Labute approximate surface area is 123 Å². The lowest BCUT2D eigenvalue weighted by atomic mass is 9.92. The highest BCUT2D eigenvalue weighted by Gasteiger charge is 2.63. The van der Waals surface area contributed by atoms with Crippen LogP contribution in [-0.2, 0) is 4.32 Å². The predicted octanol–water partition coefficient (Wildman–Crippen LogP) is 4.68. The summed E-state index contributed by atoms with van der Waals surface area (Å²) in [6, 6.07) is 8.71. The van der Waals surface area contributed by atoms with Crippen LogP contribution in [-0.4, -0.2) is 14.5 Å². The standard InChI is InChI=1S/C11H8Br4/c12-8-7-5-3-1-2-4-6(5)11(15,9(7)13)10(8)14/h1-4,7-10H/t7-,8-,9-,10-,11+/m0/s1. The summed E-state index contributed by atoms with van der Waals surface area (Å²) in [6.07, 6.45) is 0. The van der Waals surface area contributed by atoms with Crippen molar-refractivity contribution < 1.29 is 0 Å². The number of hydrogen-bond acceptors (Lipinski definition) is 0. The molecule has 1 saturated carbocycles. The van der Waals surface area contributed by atoms with Crippen molar-refractivity contribution in [1.29, 1.82) is 0 Å². The van der Waals surface area contributed by atoms with E-state index in [1.165, 1.54) is 11.1 Å². The molecular weight excluding hydrogens is 452 g/mol. The zero-order valence-electron chi connectivity index (χ0n) is 7.63. The Morgan fingerprint density at radius 2 is 1.67 bits per heavy atom. The largest absolute Gasteiger partial charge is 0.0871 e. The number of rotatable bonds is 0. The highest BCUT2D eigenvalue weighted by Crippen LogP contribution is 2.66. The molecule has 0 saturated heterocycles. The Morgan fingerprint density at radius 1 is 1.00 bits per heavy atom. The van der Waals surface area contributed by atoms with Crippen molar-refractivity contribution >= 4 is 63.7 Å². The Balaban J connectivity index is 2.27. The van der Waals surface area contributed by atoms with Gasteiger partial charge in [0.2, 0.25) is 0 Å². The molecule has 0 heterocycles. The highest BCUT2D eigenvalue weighted by atomic mass is 79.9. The summed E-state index contributed by atoms with van der Waals surface area (Å²) in [7, 11) is 0. The molecule has 2 aliphatic carbocycles. The van der Waals surface area contributed by atoms with Gasteiger partial charge in [0.15, 0.2) is 0 Å². The second kappa shape index (κ2) is 3.56. The van der Waals surface area contributed by atoms with Crippen LogP contribution in [0, 0.1) is 0 Å². The molecule has 5 atom stereocenters. The first kappa shape index (κ1) is 11.2. The van der Waals surface area contributed by atoms with Gasteiger partial charge in [0, 0.05) is 20.4 Å². The van der Waals surface area contributed by atoms with Crippen LogP contribution in [0.2, 0.25) is 0 Å². The minimum Gasteiger partial charge on any atom is -0.0871 e. The number of hydrogen-bond donors (Lipinski definition) is 0. The molecule has 3 rings (SSSR count). The summed E-state index contributed by atoms with van der Waals surface area (Å²) in [5.74, 6) is 0.546. The van der Waals surface area contributed by atoms with Crippen molar-refractivity contribution in [3.05, 3.63) is 35.4 Å². The van der Waals surface area contributed by atoms with E-state index in [1.54, 1.807) is 0 Å². The van der Waals surface area contributed by atoms with Gasteiger partial charge in [0.05, 0.1) is 4.32 Å². The Kier molecular flexibility index (Phi) is 2.67. The molecule has 1 aromatic rings. The lowest BCUT2D eigenvalue weighted by Gasteiger charge is -2.31. The quantitative estimate of drug-likeness (QED) is 0.494. The van der Waals surface area contributed by atoms with Crippen LogP contribution < -0.4 is 0 Å². The van der Waals surface area contributed by atoms with E-state index in [2.05, 4.69) is 88.0 Å². The van der Waals surface area contributed by atoms with E-state index in [1.807, 2.05) is 0 Å². The molecule has 4 heteroatoms. The summed E-state index contributed by atoms with van der Waals surface area (Å²) in [5.41, 5.74) is 2.89. The normalized spacial score (nSPS) is 46.9. The maximum absolute atomic E-state index is 3.93. The number of benzene rings is 1. The third-order valence-electron chi connectivity index (χ3n) is 3.47. The van der Waals surface area contributed by atoms with Gasteiger partial charge >= 0.3 is 0 Å². The first-order valence-corrected chi connectivity index (χ1v) is 8.33. The maximum Gasteiger partial charge on any atom is 0.0775 e.